The van der Waals surface area contributed by atoms with Gasteiger partial charge in [0.15, 0.2) is 0 Å². The molecule has 0 aliphatic heterocycles. The third kappa shape index (κ3) is 6.19. The molecule has 3 rings (SSSR count). The Bertz CT molecular complexity index is 1060. The molecule has 0 unspecified atom stereocenters. The van der Waals surface area contributed by atoms with Crippen LogP contribution in [0.5, 0.6) is 0 Å². The fraction of sp³-hybridized carbons (Fsp3) is 0.320. The molecule has 0 radical (unpaired) electrons. The van der Waals surface area contributed by atoms with Crippen LogP contribution in [0.4, 0.5) is 22.0 Å². The zero-order chi connectivity index (χ0) is 24.8. The van der Waals surface area contributed by atoms with Crippen LogP contribution in [0.2, 0.25) is 0 Å². The standard InChI is InChI=1S/C23H20F5NOS.C2H6/c1-3-14(19-15-7-4-5-10-18(15)31-21(19)23(26,27)28)12-11-13(2)29-22(30)20-16(24)8-6-9-17(20)25;1-2/h3,6,8-9,11-12H,2,4-5,7,10H2,1H3,(H,29,30);1-2H3/b12-11-,14-3+;. The number of alkyl halides is 3. The summed E-state index contributed by atoms with van der Waals surface area (Å²) in [6.07, 6.45) is 2.71. The van der Waals surface area contributed by atoms with Crippen LogP contribution in [-0.2, 0) is 19.0 Å². The highest BCUT2D eigenvalue weighted by molar-refractivity contribution is 7.12. The highest BCUT2D eigenvalue weighted by Gasteiger charge is 2.39. The molecule has 1 amide bonds. The van der Waals surface area contributed by atoms with Gasteiger partial charge in [0, 0.05) is 16.1 Å². The van der Waals surface area contributed by atoms with Crippen LogP contribution in [0.3, 0.4) is 0 Å². The van der Waals surface area contributed by atoms with Gasteiger partial charge in [-0.15, -0.1) is 11.3 Å². The molecule has 8 heteroatoms. The van der Waals surface area contributed by atoms with E-state index in [1.54, 1.807) is 13.0 Å². The van der Waals surface area contributed by atoms with E-state index < -0.39 is 34.2 Å². The van der Waals surface area contributed by atoms with Crippen molar-refractivity contribution in [2.75, 3.05) is 0 Å². The largest absolute Gasteiger partial charge is 0.426 e. The number of halogens is 5. The number of carbonyl (C=O) groups is 1. The predicted molar refractivity (Wildman–Crippen MR) is 123 cm³/mol. The Morgan fingerprint density at radius 1 is 1.06 bits per heavy atom. The van der Waals surface area contributed by atoms with Crippen LogP contribution in [0.15, 0.2) is 48.7 Å². The zero-order valence-electron chi connectivity index (χ0n) is 18.7. The third-order valence-electron chi connectivity index (χ3n) is 4.96. The monoisotopic (exact) mass is 483 g/mol. The Balaban J connectivity index is 0.00000187. The predicted octanol–water partition coefficient (Wildman–Crippen LogP) is 7.85. The molecule has 2 nitrogen and oxygen atoms in total. The van der Waals surface area contributed by atoms with Crippen molar-refractivity contribution >= 4 is 22.8 Å². The number of rotatable bonds is 5. The Labute approximate surface area is 194 Å². The molecule has 0 fully saturated rings. The molecule has 1 aromatic carbocycles. The number of allylic oxidation sites excluding steroid dienone is 4. The normalized spacial score (nSPS) is 13.9. The van der Waals surface area contributed by atoms with Crippen LogP contribution in [0.1, 0.15) is 64.9 Å². The van der Waals surface area contributed by atoms with Gasteiger partial charge in [-0.25, -0.2) is 8.78 Å². The Morgan fingerprint density at radius 3 is 2.24 bits per heavy atom. The fourth-order valence-corrected chi connectivity index (χ4v) is 4.83. The molecule has 33 heavy (non-hydrogen) atoms. The van der Waals surface area contributed by atoms with E-state index >= 15 is 0 Å². The number of hydrogen-bond acceptors (Lipinski definition) is 2. The van der Waals surface area contributed by atoms with Crippen molar-refractivity contribution in [3.63, 3.8) is 0 Å². The van der Waals surface area contributed by atoms with E-state index in [1.165, 1.54) is 12.2 Å². The van der Waals surface area contributed by atoms with Gasteiger partial charge in [0.05, 0.1) is 0 Å². The van der Waals surface area contributed by atoms with Crippen LogP contribution in [0, 0.1) is 11.6 Å². The number of benzene rings is 1. The highest BCUT2D eigenvalue weighted by Crippen LogP contribution is 2.46. The summed E-state index contributed by atoms with van der Waals surface area (Å²) in [4.78, 5) is 12.3. The average Bonchev–Trinajstić information content (AvgIpc) is 3.16. The molecule has 0 saturated carbocycles. The molecule has 0 bridgehead atoms. The lowest BCUT2D eigenvalue weighted by Gasteiger charge is -2.15. The van der Waals surface area contributed by atoms with Gasteiger partial charge < -0.3 is 5.32 Å². The summed E-state index contributed by atoms with van der Waals surface area (Å²) in [6.45, 7) is 9.24. The molecule has 1 aromatic heterocycles. The molecule has 1 N–H and O–H groups in total. The van der Waals surface area contributed by atoms with Gasteiger partial charge in [-0.3, -0.25) is 4.79 Å². The van der Waals surface area contributed by atoms with Gasteiger partial charge in [0.25, 0.3) is 5.91 Å². The second kappa shape index (κ2) is 11.4. The molecule has 1 heterocycles. The zero-order valence-corrected chi connectivity index (χ0v) is 19.5. The van der Waals surface area contributed by atoms with Gasteiger partial charge in [0.2, 0.25) is 0 Å². The van der Waals surface area contributed by atoms with Crippen molar-refractivity contribution in [3.8, 4) is 0 Å². The Hall–Kier alpha value is -2.74. The summed E-state index contributed by atoms with van der Waals surface area (Å²) in [5, 5.41) is 2.26. The van der Waals surface area contributed by atoms with Crippen molar-refractivity contribution in [3.05, 3.63) is 86.8 Å². The van der Waals surface area contributed by atoms with E-state index in [0.29, 0.717) is 24.0 Å². The average molecular weight is 484 g/mol. The Kier molecular flexibility index (Phi) is 9.16. The molecule has 2 aromatic rings. The van der Waals surface area contributed by atoms with Gasteiger partial charge in [-0.2, -0.15) is 13.2 Å². The molecule has 178 valence electrons. The molecule has 1 aliphatic carbocycles. The maximum atomic E-state index is 13.8. The third-order valence-corrected chi connectivity index (χ3v) is 6.29. The summed E-state index contributed by atoms with van der Waals surface area (Å²) < 4.78 is 68.6. The van der Waals surface area contributed by atoms with E-state index in [4.69, 9.17) is 0 Å². The maximum Gasteiger partial charge on any atom is 0.426 e. The second-order valence-corrected chi connectivity index (χ2v) is 8.17. The van der Waals surface area contributed by atoms with Crippen LogP contribution < -0.4 is 5.32 Å². The minimum Gasteiger partial charge on any atom is -0.322 e. The molecule has 0 atom stereocenters. The maximum absolute atomic E-state index is 13.8. The SMILES string of the molecule is C=C(/C=C\C(=C/C)c1c(C(F)(F)F)sc2c1CCCC2)NC(=O)c1c(F)cccc1F.CC. The first-order chi connectivity index (χ1) is 15.6. The first kappa shape index (κ1) is 26.5. The molecular formula is C25H26F5NOS. The number of amides is 1. The van der Waals surface area contributed by atoms with Gasteiger partial charge >= 0.3 is 6.18 Å². The quantitative estimate of drug-likeness (QED) is 0.340. The van der Waals surface area contributed by atoms with Crippen molar-refractivity contribution in [1.82, 2.24) is 5.32 Å². The molecule has 0 spiro atoms. The first-order valence-electron chi connectivity index (χ1n) is 10.6. The van der Waals surface area contributed by atoms with Gasteiger partial charge in [-0.1, -0.05) is 38.6 Å². The van der Waals surface area contributed by atoms with Crippen molar-refractivity contribution in [1.29, 1.82) is 0 Å². The van der Waals surface area contributed by atoms with Gasteiger partial charge in [0.1, 0.15) is 22.1 Å². The topological polar surface area (TPSA) is 29.1 Å². The second-order valence-electron chi connectivity index (χ2n) is 7.07. The number of aryl methyl sites for hydroxylation is 1. The van der Waals surface area contributed by atoms with Crippen molar-refractivity contribution in [2.24, 2.45) is 0 Å². The van der Waals surface area contributed by atoms with E-state index in [0.717, 1.165) is 47.3 Å². The summed E-state index contributed by atoms with van der Waals surface area (Å²) in [5.74, 6) is -3.08. The highest BCUT2D eigenvalue weighted by atomic mass is 32.1. The van der Waals surface area contributed by atoms with Crippen LogP contribution in [-0.4, -0.2) is 5.91 Å². The Morgan fingerprint density at radius 2 is 1.67 bits per heavy atom. The summed E-state index contributed by atoms with van der Waals surface area (Å²) >= 11 is 0.783. The molecule has 0 saturated heterocycles. The summed E-state index contributed by atoms with van der Waals surface area (Å²) in [6, 6.07) is 3.04. The fourth-order valence-electron chi connectivity index (χ4n) is 3.55. The molecule has 1 aliphatic rings. The van der Waals surface area contributed by atoms with Crippen molar-refractivity contribution in [2.45, 2.75) is 52.6 Å². The smallest absolute Gasteiger partial charge is 0.322 e. The van der Waals surface area contributed by atoms with Gasteiger partial charge in [-0.05, 0) is 62.0 Å². The van der Waals surface area contributed by atoms with Crippen LogP contribution in [0.25, 0.3) is 5.57 Å². The summed E-state index contributed by atoms with van der Waals surface area (Å²) in [5.41, 5.74) is 0.452. The van der Waals surface area contributed by atoms with E-state index in [1.807, 2.05) is 13.8 Å². The minimum absolute atomic E-state index is 0.00958. The number of nitrogens with one attached hydrogen (secondary N) is 1. The number of thiophene rings is 1. The first-order valence-corrected chi connectivity index (χ1v) is 11.5. The van der Waals surface area contributed by atoms with Crippen molar-refractivity contribution < 1.29 is 26.7 Å². The number of hydrogen-bond donors (Lipinski definition) is 1. The van der Waals surface area contributed by atoms with Crippen LogP contribution >= 0.6 is 11.3 Å². The lowest BCUT2D eigenvalue weighted by atomic mass is 9.90. The number of carbonyl (C=O) groups excluding carboxylic acids is 1. The number of fused-ring (bicyclic) bond motifs is 1. The summed E-state index contributed by atoms with van der Waals surface area (Å²) in [7, 11) is 0. The van der Waals surface area contributed by atoms with E-state index in [2.05, 4.69) is 11.9 Å². The van der Waals surface area contributed by atoms with E-state index in [9.17, 15) is 26.7 Å². The lowest BCUT2D eigenvalue weighted by molar-refractivity contribution is -0.134. The minimum atomic E-state index is -4.48. The lowest BCUT2D eigenvalue weighted by Crippen LogP contribution is -2.23. The molecular weight excluding hydrogens is 457 g/mol. The van der Waals surface area contributed by atoms with E-state index in [-0.39, 0.29) is 11.3 Å².